The number of H-pyrrole nitrogens is 1. The number of ether oxygens (including phenoxy) is 2. The van der Waals surface area contributed by atoms with E-state index < -0.39 is 0 Å². The molecule has 25 heavy (non-hydrogen) atoms. The van der Waals surface area contributed by atoms with Crippen LogP contribution in [0.5, 0.6) is 0 Å². The molecule has 9 heteroatoms. The third kappa shape index (κ3) is 3.53. The summed E-state index contributed by atoms with van der Waals surface area (Å²) in [4.78, 5) is 10.3. The highest BCUT2D eigenvalue weighted by molar-refractivity contribution is 5.74. The fourth-order valence-corrected chi connectivity index (χ4v) is 3.07. The molecule has 3 aromatic rings. The number of rotatable bonds is 6. The van der Waals surface area contributed by atoms with E-state index in [1.807, 2.05) is 24.3 Å². The zero-order valence-corrected chi connectivity index (χ0v) is 14.1. The Hall–Kier alpha value is -2.36. The second-order valence-corrected chi connectivity index (χ2v) is 6.05. The molecule has 9 nitrogen and oxygen atoms in total. The van der Waals surface area contributed by atoms with Gasteiger partial charge in [0.25, 0.3) is 0 Å². The van der Waals surface area contributed by atoms with Gasteiger partial charge in [0.05, 0.1) is 37.3 Å². The van der Waals surface area contributed by atoms with Crippen LogP contribution in [0, 0.1) is 0 Å². The van der Waals surface area contributed by atoms with Crippen molar-refractivity contribution in [2.75, 3.05) is 33.4 Å². The first-order chi connectivity index (χ1) is 12.3. The number of aromatic nitrogens is 6. The number of para-hydroxylation sites is 2. The lowest BCUT2D eigenvalue weighted by molar-refractivity contribution is -0.0403. The molecular weight excluding hydrogens is 322 g/mol. The molecule has 0 saturated carbocycles. The number of nitrogens with one attached hydrogen (secondary N) is 1. The van der Waals surface area contributed by atoms with Gasteiger partial charge in [-0.25, -0.2) is 9.67 Å². The summed E-state index contributed by atoms with van der Waals surface area (Å²) in [5.74, 6) is 1.70. The van der Waals surface area contributed by atoms with Gasteiger partial charge >= 0.3 is 0 Å². The Morgan fingerprint density at radius 2 is 2.28 bits per heavy atom. The summed E-state index contributed by atoms with van der Waals surface area (Å²) < 4.78 is 12.7. The van der Waals surface area contributed by atoms with Crippen LogP contribution in [-0.4, -0.2) is 68.5 Å². The van der Waals surface area contributed by atoms with Gasteiger partial charge in [0, 0.05) is 20.2 Å². The third-order valence-electron chi connectivity index (χ3n) is 4.32. The van der Waals surface area contributed by atoms with Crippen LogP contribution in [0.2, 0.25) is 0 Å². The summed E-state index contributed by atoms with van der Waals surface area (Å²) in [6, 6.07) is 8.06. The van der Waals surface area contributed by atoms with E-state index in [0.717, 1.165) is 42.3 Å². The molecule has 0 bridgehead atoms. The number of imidazole rings is 1. The largest absolute Gasteiger partial charge is 0.383 e. The molecule has 132 valence electrons. The molecule has 1 aliphatic rings. The number of hydrogen-bond acceptors (Lipinski definition) is 7. The maximum atomic E-state index is 5.89. The summed E-state index contributed by atoms with van der Waals surface area (Å²) in [5, 5.41) is 11.9. The van der Waals surface area contributed by atoms with E-state index in [0.29, 0.717) is 19.8 Å². The lowest BCUT2D eigenvalue weighted by atomic mass is 10.2. The standard InChI is InChI=1S/C16H21N7O2/c1-24-8-7-23-16(19-20-21-23)14-10-22(6-9-25-14)11-15-17-12-4-2-3-5-13(12)18-15/h2-5,14H,6-11H2,1H3,(H,17,18). The summed E-state index contributed by atoms with van der Waals surface area (Å²) in [7, 11) is 1.66. The number of aromatic amines is 1. The van der Waals surface area contributed by atoms with Crippen molar-refractivity contribution in [3.05, 3.63) is 35.9 Å². The molecule has 3 heterocycles. The minimum atomic E-state index is -0.148. The lowest BCUT2D eigenvalue weighted by Crippen LogP contribution is -2.39. The van der Waals surface area contributed by atoms with E-state index >= 15 is 0 Å². The summed E-state index contributed by atoms with van der Waals surface area (Å²) in [6.45, 7) is 4.14. The summed E-state index contributed by atoms with van der Waals surface area (Å²) in [6.07, 6.45) is -0.148. The van der Waals surface area contributed by atoms with Crippen molar-refractivity contribution in [1.29, 1.82) is 0 Å². The van der Waals surface area contributed by atoms with Gasteiger partial charge in [-0.15, -0.1) is 5.10 Å². The van der Waals surface area contributed by atoms with Crippen molar-refractivity contribution in [2.45, 2.75) is 19.2 Å². The summed E-state index contributed by atoms with van der Waals surface area (Å²) >= 11 is 0. The maximum absolute atomic E-state index is 5.89. The van der Waals surface area contributed by atoms with Crippen LogP contribution >= 0.6 is 0 Å². The molecule has 1 fully saturated rings. The van der Waals surface area contributed by atoms with Gasteiger partial charge in [0.2, 0.25) is 0 Å². The Kier molecular flexibility index (Phi) is 4.68. The van der Waals surface area contributed by atoms with E-state index in [-0.39, 0.29) is 6.10 Å². The summed E-state index contributed by atoms with van der Waals surface area (Å²) in [5.41, 5.74) is 2.05. The molecule has 1 atom stereocenters. The number of nitrogens with zero attached hydrogens (tertiary/aromatic N) is 6. The van der Waals surface area contributed by atoms with Crippen LogP contribution in [0.25, 0.3) is 11.0 Å². The first kappa shape index (κ1) is 16.1. The molecule has 0 amide bonds. The van der Waals surface area contributed by atoms with Crippen LogP contribution in [0.3, 0.4) is 0 Å². The Balaban J connectivity index is 1.45. The van der Waals surface area contributed by atoms with Gasteiger partial charge in [0.1, 0.15) is 11.9 Å². The lowest BCUT2D eigenvalue weighted by Gasteiger charge is -2.31. The number of fused-ring (bicyclic) bond motifs is 1. The van der Waals surface area contributed by atoms with Gasteiger partial charge < -0.3 is 14.5 Å². The van der Waals surface area contributed by atoms with Crippen molar-refractivity contribution in [1.82, 2.24) is 35.1 Å². The van der Waals surface area contributed by atoms with E-state index in [1.54, 1.807) is 11.8 Å². The predicted octanol–water partition coefficient (Wildman–Crippen LogP) is 0.769. The van der Waals surface area contributed by atoms with Gasteiger partial charge in [-0.3, -0.25) is 4.90 Å². The molecular formula is C16H21N7O2. The smallest absolute Gasteiger partial charge is 0.181 e. The second-order valence-electron chi connectivity index (χ2n) is 6.05. The minimum absolute atomic E-state index is 0.148. The van der Waals surface area contributed by atoms with E-state index in [4.69, 9.17) is 9.47 Å². The molecule has 1 saturated heterocycles. The average Bonchev–Trinajstić information content (AvgIpc) is 3.26. The Labute approximate surface area is 144 Å². The van der Waals surface area contributed by atoms with Gasteiger partial charge in [-0.05, 0) is 22.6 Å². The van der Waals surface area contributed by atoms with E-state index in [9.17, 15) is 0 Å². The second kappa shape index (κ2) is 7.26. The number of methoxy groups -OCH3 is 1. The van der Waals surface area contributed by atoms with Crippen molar-refractivity contribution in [2.24, 2.45) is 0 Å². The molecule has 0 radical (unpaired) electrons. The minimum Gasteiger partial charge on any atom is -0.383 e. The topological polar surface area (TPSA) is 94.0 Å². The Morgan fingerprint density at radius 3 is 3.16 bits per heavy atom. The molecule has 0 spiro atoms. The maximum Gasteiger partial charge on any atom is 0.181 e. The van der Waals surface area contributed by atoms with Crippen molar-refractivity contribution < 1.29 is 9.47 Å². The molecule has 2 aromatic heterocycles. The fourth-order valence-electron chi connectivity index (χ4n) is 3.07. The number of tetrazole rings is 1. The quantitative estimate of drug-likeness (QED) is 0.706. The normalized spacial score (nSPS) is 18.8. The Morgan fingerprint density at radius 1 is 1.36 bits per heavy atom. The van der Waals surface area contributed by atoms with Crippen LogP contribution in [0.15, 0.2) is 24.3 Å². The van der Waals surface area contributed by atoms with E-state index in [2.05, 4.69) is 30.4 Å². The number of benzene rings is 1. The van der Waals surface area contributed by atoms with Crippen LogP contribution in [0.1, 0.15) is 17.8 Å². The molecule has 1 N–H and O–H groups in total. The monoisotopic (exact) mass is 343 g/mol. The highest BCUT2D eigenvalue weighted by Gasteiger charge is 2.27. The van der Waals surface area contributed by atoms with Crippen LogP contribution in [-0.2, 0) is 22.6 Å². The first-order valence-electron chi connectivity index (χ1n) is 8.36. The zero-order chi connectivity index (χ0) is 17.1. The molecule has 0 aliphatic carbocycles. The van der Waals surface area contributed by atoms with Crippen LogP contribution in [0.4, 0.5) is 0 Å². The molecule has 4 rings (SSSR count). The van der Waals surface area contributed by atoms with Crippen molar-refractivity contribution in [3.8, 4) is 0 Å². The van der Waals surface area contributed by atoms with Gasteiger partial charge in [0.15, 0.2) is 5.82 Å². The molecule has 1 unspecified atom stereocenters. The highest BCUT2D eigenvalue weighted by Crippen LogP contribution is 2.21. The SMILES string of the molecule is COCCn1nnnc1C1CN(Cc2nc3ccccc3[nH]2)CCO1. The van der Waals surface area contributed by atoms with Gasteiger partial charge in [-0.2, -0.15) is 0 Å². The van der Waals surface area contributed by atoms with E-state index in [1.165, 1.54) is 0 Å². The molecule has 1 aromatic carbocycles. The number of morpholine rings is 1. The van der Waals surface area contributed by atoms with Crippen molar-refractivity contribution in [3.63, 3.8) is 0 Å². The number of hydrogen-bond donors (Lipinski definition) is 1. The highest BCUT2D eigenvalue weighted by atomic mass is 16.5. The molecule has 1 aliphatic heterocycles. The average molecular weight is 343 g/mol. The fraction of sp³-hybridized carbons (Fsp3) is 0.500. The Bertz CT molecular complexity index is 798. The predicted molar refractivity (Wildman–Crippen MR) is 89.8 cm³/mol. The van der Waals surface area contributed by atoms with Gasteiger partial charge in [-0.1, -0.05) is 12.1 Å². The van der Waals surface area contributed by atoms with Crippen LogP contribution < -0.4 is 0 Å². The zero-order valence-electron chi connectivity index (χ0n) is 14.1. The first-order valence-corrected chi connectivity index (χ1v) is 8.36. The third-order valence-corrected chi connectivity index (χ3v) is 4.32. The van der Waals surface area contributed by atoms with Crippen molar-refractivity contribution >= 4 is 11.0 Å².